The molecular weight excluding hydrogens is 391 g/mol. The van der Waals surface area contributed by atoms with Gasteiger partial charge in [-0.15, -0.1) is 11.3 Å². The Morgan fingerprint density at radius 1 is 1.34 bits per heavy atom. The summed E-state index contributed by atoms with van der Waals surface area (Å²) in [5.41, 5.74) is 1.05. The smallest absolute Gasteiger partial charge is 0.242 e. The number of hydrogen-bond donors (Lipinski definition) is 0. The third kappa shape index (κ3) is 4.78. The summed E-state index contributed by atoms with van der Waals surface area (Å²) in [7, 11) is 0. The van der Waals surface area contributed by atoms with Crippen LogP contribution in [-0.4, -0.2) is 47.4 Å². The average molecular weight is 419 g/mol. The van der Waals surface area contributed by atoms with Gasteiger partial charge in [-0.1, -0.05) is 19.1 Å². The van der Waals surface area contributed by atoms with E-state index in [1.54, 1.807) is 39.3 Å². The molecule has 1 aliphatic rings. The van der Waals surface area contributed by atoms with Crippen molar-refractivity contribution < 1.29 is 18.7 Å². The molecule has 0 saturated heterocycles. The molecule has 156 valence electrons. The summed E-state index contributed by atoms with van der Waals surface area (Å²) in [4.78, 5) is 29.8. The molecule has 2 amide bonds. The summed E-state index contributed by atoms with van der Waals surface area (Å²) in [6.45, 7) is 6.20. The van der Waals surface area contributed by atoms with Crippen molar-refractivity contribution in [3.05, 3.63) is 52.0 Å². The third-order valence-corrected chi connectivity index (χ3v) is 6.48. The first-order valence-corrected chi connectivity index (χ1v) is 10.8. The Morgan fingerprint density at radius 2 is 2.10 bits per heavy atom. The molecule has 0 bridgehead atoms. The molecular formula is C22H27FN2O3S. The molecule has 1 aromatic carbocycles. The van der Waals surface area contributed by atoms with Gasteiger partial charge in [0.1, 0.15) is 6.61 Å². The van der Waals surface area contributed by atoms with Crippen LogP contribution in [0.5, 0.6) is 5.75 Å². The number of rotatable bonds is 7. The van der Waals surface area contributed by atoms with Gasteiger partial charge in [0.05, 0.1) is 12.6 Å². The minimum absolute atomic E-state index is 0.00827. The number of carbonyl (C=O) groups excluding carboxylic acids is 2. The second-order valence-corrected chi connectivity index (χ2v) is 8.30. The molecule has 0 saturated carbocycles. The average Bonchev–Trinajstić information content (AvgIpc) is 3.19. The normalized spacial score (nSPS) is 16.8. The Balaban J connectivity index is 1.79. The third-order valence-electron chi connectivity index (χ3n) is 5.48. The van der Waals surface area contributed by atoms with Gasteiger partial charge < -0.3 is 14.5 Å². The molecule has 0 radical (unpaired) electrons. The van der Waals surface area contributed by atoms with Crippen LogP contribution in [-0.2, 0) is 16.0 Å². The van der Waals surface area contributed by atoms with E-state index in [-0.39, 0.29) is 42.8 Å². The van der Waals surface area contributed by atoms with Crippen LogP contribution in [0, 0.1) is 5.82 Å². The van der Waals surface area contributed by atoms with Gasteiger partial charge in [0.15, 0.2) is 11.6 Å². The predicted octanol–water partition coefficient (Wildman–Crippen LogP) is 4.04. The standard InChI is InChI=1S/C22H27FN2O3S/c1-4-15(2)25(16(3)26)13-22(27)24-11-9-21-17(10-12-29-21)19(24)14-28-20-8-6-5-7-18(20)23/h5-8,10,12,15,19H,4,9,11,13-14H2,1-3H3/t15-,19+/m0/s1. The Hall–Kier alpha value is -2.41. The van der Waals surface area contributed by atoms with Crippen LogP contribution in [0.2, 0.25) is 0 Å². The van der Waals surface area contributed by atoms with Gasteiger partial charge in [-0.25, -0.2) is 4.39 Å². The number of fused-ring (bicyclic) bond motifs is 1. The maximum Gasteiger partial charge on any atom is 0.242 e. The summed E-state index contributed by atoms with van der Waals surface area (Å²) in [5, 5.41) is 2.01. The Kier molecular flexibility index (Phi) is 6.90. The van der Waals surface area contributed by atoms with E-state index in [2.05, 4.69) is 0 Å². The molecule has 0 spiro atoms. The van der Waals surface area contributed by atoms with E-state index in [0.29, 0.717) is 6.54 Å². The summed E-state index contributed by atoms with van der Waals surface area (Å²) >= 11 is 1.66. The highest BCUT2D eigenvalue weighted by atomic mass is 32.1. The predicted molar refractivity (Wildman–Crippen MR) is 112 cm³/mol. The molecule has 0 fully saturated rings. The fourth-order valence-corrected chi connectivity index (χ4v) is 4.57. The van der Waals surface area contributed by atoms with E-state index in [9.17, 15) is 14.0 Å². The summed E-state index contributed by atoms with van der Waals surface area (Å²) < 4.78 is 19.7. The van der Waals surface area contributed by atoms with Gasteiger partial charge in [0, 0.05) is 24.4 Å². The van der Waals surface area contributed by atoms with Gasteiger partial charge in [-0.2, -0.15) is 0 Å². The van der Waals surface area contributed by atoms with Crippen LogP contribution in [0.1, 0.15) is 43.7 Å². The first-order chi connectivity index (χ1) is 13.9. The zero-order valence-corrected chi connectivity index (χ0v) is 17.9. The SMILES string of the molecule is CC[C@H](C)N(CC(=O)N1CCc2sccc2[C@H]1COc1ccccc1F)C(C)=O. The van der Waals surface area contributed by atoms with E-state index in [4.69, 9.17) is 4.74 Å². The van der Waals surface area contributed by atoms with Crippen molar-refractivity contribution in [1.82, 2.24) is 9.80 Å². The van der Waals surface area contributed by atoms with Crippen LogP contribution in [0.4, 0.5) is 4.39 Å². The number of ether oxygens (including phenoxy) is 1. The van der Waals surface area contributed by atoms with Crippen molar-refractivity contribution in [2.45, 2.75) is 45.7 Å². The maximum atomic E-state index is 14.0. The number of benzene rings is 1. The van der Waals surface area contributed by atoms with E-state index in [1.165, 1.54) is 17.9 Å². The Bertz CT molecular complexity index is 869. The van der Waals surface area contributed by atoms with Gasteiger partial charge in [0.2, 0.25) is 11.8 Å². The summed E-state index contributed by atoms with van der Waals surface area (Å²) in [5.74, 6) is -0.474. The molecule has 0 unspecified atom stereocenters. The quantitative estimate of drug-likeness (QED) is 0.682. The van der Waals surface area contributed by atoms with Crippen LogP contribution in [0.15, 0.2) is 35.7 Å². The molecule has 7 heteroatoms. The summed E-state index contributed by atoms with van der Waals surface area (Å²) in [6.07, 6.45) is 1.56. The lowest BCUT2D eigenvalue weighted by Crippen LogP contribution is -2.49. The van der Waals surface area contributed by atoms with Crippen molar-refractivity contribution in [1.29, 1.82) is 0 Å². The molecule has 2 aromatic rings. The van der Waals surface area contributed by atoms with E-state index in [1.807, 2.05) is 25.3 Å². The number of amides is 2. The molecule has 0 aliphatic carbocycles. The lowest BCUT2D eigenvalue weighted by atomic mass is 10.00. The topological polar surface area (TPSA) is 49.9 Å². The second-order valence-electron chi connectivity index (χ2n) is 7.30. The molecule has 1 aliphatic heterocycles. The fourth-order valence-electron chi connectivity index (χ4n) is 3.64. The first kappa shape index (κ1) is 21.3. The lowest BCUT2D eigenvalue weighted by molar-refractivity contribution is -0.143. The number of thiophene rings is 1. The molecule has 0 N–H and O–H groups in total. The van der Waals surface area contributed by atoms with Crippen molar-refractivity contribution in [2.75, 3.05) is 19.7 Å². The van der Waals surface area contributed by atoms with E-state index >= 15 is 0 Å². The van der Waals surface area contributed by atoms with Crippen LogP contribution in [0.25, 0.3) is 0 Å². The number of para-hydroxylation sites is 1. The minimum Gasteiger partial charge on any atom is -0.488 e. The monoisotopic (exact) mass is 418 g/mol. The second kappa shape index (κ2) is 9.39. The first-order valence-electron chi connectivity index (χ1n) is 9.92. The zero-order valence-electron chi connectivity index (χ0n) is 17.1. The Labute approximate surface area is 175 Å². The van der Waals surface area contributed by atoms with Crippen LogP contribution >= 0.6 is 11.3 Å². The van der Waals surface area contributed by atoms with Crippen LogP contribution < -0.4 is 4.74 Å². The fraction of sp³-hybridized carbons (Fsp3) is 0.455. The molecule has 2 atom stereocenters. The van der Waals surface area contributed by atoms with Crippen molar-refractivity contribution in [3.63, 3.8) is 0 Å². The van der Waals surface area contributed by atoms with Gasteiger partial charge >= 0.3 is 0 Å². The molecule has 1 aromatic heterocycles. The van der Waals surface area contributed by atoms with Gasteiger partial charge in [0.25, 0.3) is 0 Å². The van der Waals surface area contributed by atoms with E-state index in [0.717, 1.165) is 18.4 Å². The van der Waals surface area contributed by atoms with Crippen molar-refractivity contribution >= 4 is 23.2 Å². The molecule has 3 rings (SSSR count). The lowest BCUT2D eigenvalue weighted by Gasteiger charge is -2.37. The summed E-state index contributed by atoms with van der Waals surface area (Å²) in [6, 6.07) is 7.96. The minimum atomic E-state index is -0.425. The number of nitrogens with zero attached hydrogens (tertiary/aromatic N) is 2. The van der Waals surface area contributed by atoms with Gasteiger partial charge in [-0.05, 0) is 48.9 Å². The highest BCUT2D eigenvalue weighted by molar-refractivity contribution is 7.10. The molecule has 29 heavy (non-hydrogen) atoms. The molecule has 5 nitrogen and oxygen atoms in total. The van der Waals surface area contributed by atoms with E-state index < -0.39 is 5.82 Å². The highest BCUT2D eigenvalue weighted by Gasteiger charge is 2.33. The number of hydrogen-bond acceptors (Lipinski definition) is 4. The molecule has 2 heterocycles. The van der Waals surface area contributed by atoms with Crippen LogP contribution in [0.3, 0.4) is 0 Å². The van der Waals surface area contributed by atoms with Crippen molar-refractivity contribution in [2.24, 2.45) is 0 Å². The number of carbonyl (C=O) groups is 2. The largest absolute Gasteiger partial charge is 0.488 e. The Morgan fingerprint density at radius 3 is 2.79 bits per heavy atom. The highest BCUT2D eigenvalue weighted by Crippen LogP contribution is 2.34. The zero-order chi connectivity index (χ0) is 21.0. The maximum absolute atomic E-state index is 14.0. The van der Waals surface area contributed by atoms with Crippen molar-refractivity contribution in [3.8, 4) is 5.75 Å². The van der Waals surface area contributed by atoms with Gasteiger partial charge in [-0.3, -0.25) is 9.59 Å². The number of halogens is 1.